The minimum absolute atomic E-state index is 0.00610. The summed E-state index contributed by atoms with van der Waals surface area (Å²) in [6, 6.07) is 14.6. The average molecular weight is 584 g/mol. The van der Waals surface area contributed by atoms with Gasteiger partial charge in [0.05, 0.1) is 27.5 Å². The second-order valence-corrected chi connectivity index (χ2v) is 10.8. The van der Waals surface area contributed by atoms with Crippen LogP contribution >= 0.6 is 11.3 Å². The Hall–Kier alpha value is -4.96. The molecule has 0 atom stereocenters. The van der Waals surface area contributed by atoms with Crippen molar-refractivity contribution in [2.75, 3.05) is 16.6 Å². The van der Waals surface area contributed by atoms with Gasteiger partial charge >= 0.3 is 0 Å². The van der Waals surface area contributed by atoms with Crippen molar-refractivity contribution in [2.45, 2.75) is 18.2 Å². The van der Waals surface area contributed by atoms with E-state index < -0.39 is 21.0 Å². The van der Waals surface area contributed by atoms with E-state index in [4.69, 9.17) is 0 Å². The van der Waals surface area contributed by atoms with Crippen LogP contribution in [-0.2, 0) is 21.3 Å². The fraction of sp³-hybridized carbons (Fsp3) is 0.125. The first kappa shape index (κ1) is 28.1. The predicted molar refractivity (Wildman–Crippen MR) is 145 cm³/mol. The van der Waals surface area contributed by atoms with Gasteiger partial charge in [-0.3, -0.25) is 14.8 Å². The molecule has 0 unspecified atom stereocenters. The van der Waals surface area contributed by atoms with Gasteiger partial charge < -0.3 is 9.94 Å². The molecular weight excluding hydrogens is 562 g/mol. The number of phenolic OH excluding ortho intramolecular Hbond substituents is 1. The molecule has 2 aromatic heterocycles. The summed E-state index contributed by atoms with van der Waals surface area (Å²) in [5.74, 6) is -0.753. The maximum absolute atomic E-state index is 12.8. The molecule has 0 fully saturated rings. The van der Waals surface area contributed by atoms with Crippen molar-refractivity contribution >= 4 is 49.6 Å². The van der Waals surface area contributed by atoms with E-state index in [9.17, 15) is 28.4 Å². The topological polar surface area (TPSA) is 198 Å². The standard InChI is InChI=1S/C24H21N7O7S2/c1-15-21(11-13-38-31(34)35)39-24(26-15)27-23(33)19-14-17(7-10-20(19)32)29-28-16-5-8-18(9-6-16)40(36,37)30-22-4-2-3-12-25-22/h2-10,12,14,32H,11,13H2,1H3,(H,25,30)(H,26,27,33)/b29-28+. The van der Waals surface area contributed by atoms with Crippen molar-refractivity contribution in [1.29, 1.82) is 0 Å². The zero-order valence-electron chi connectivity index (χ0n) is 20.7. The summed E-state index contributed by atoms with van der Waals surface area (Å²) in [7, 11) is -3.85. The maximum atomic E-state index is 12.8. The van der Waals surface area contributed by atoms with Gasteiger partial charge in [0.15, 0.2) is 5.13 Å². The van der Waals surface area contributed by atoms with Gasteiger partial charge in [0, 0.05) is 17.5 Å². The number of anilines is 2. The Morgan fingerprint density at radius 2 is 1.85 bits per heavy atom. The molecule has 16 heteroatoms. The first-order valence-corrected chi connectivity index (χ1v) is 13.7. The Labute approximate surface area is 231 Å². The molecule has 2 aromatic carbocycles. The van der Waals surface area contributed by atoms with Gasteiger partial charge in [-0.1, -0.05) is 6.07 Å². The predicted octanol–water partition coefficient (Wildman–Crippen LogP) is 4.77. The molecule has 4 rings (SSSR count). The minimum atomic E-state index is -3.85. The van der Waals surface area contributed by atoms with Crippen LogP contribution in [0.5, 0.6) is 5.75 Å². The number of carbonyl (C=O) groups is 1. The molecule has 4 aromatic rings. The normalized spacial score (nSPS) is 11.3. The molecule has 0 radical (unpaired) electrons. The lowest BCUT2D eigenvalue weighted by Crippen LogP contribution is -2.13. The summed E-state index contributed by atoms with van der Waals surface area (Å²) in [6.07, 6.45) is 1.71. The Balaban J connectivity index is 1.42. The Bertz CT molecular complexity index is 1660. The van der Waals surface area contributed by atoms with Crippen LogP contribution in [0.1, 0.15) is 20.9 Å². The van der Waals surface area contributed by atoms with E-state index in [-0.39, 0.29) is 45.9 Å². The number of nitrogens with zero attached hydrogens (tertiary/aromatic N) is 5. The largest absolute Gasteiger partial charge is 0.507 e. The van der Waals surface area contributed by atoms with Gasteiger partial charge in [-0.15, -0.1) is 21.5 Å². The molecule has 0 aliphatic rings. The fourth-order valence-corrected chi connectivity index (χ4v) is 5.23. The number of amides is 1. The number of azo groups is 1. The Morgan fingerprint density at radius 3 is 2.55 bits per heavy atom. The van der Waals surface area contributed by atoms with Crippen molar-refractivity contribution < 1.29 is 28.2 Å². The van der Waals surface area contributed by atoms with Crippen molar-refractivity contribution in [1.82, 2.24) is 9.97 Å². The Kier molecular flexibility index (Phi) is 8.60. The number of rotatable bonds is 11. The monoisotopic (exact) mass is 583 g/mol. The zero-order valence-corrected chi connectivity index (χ0v) is 22.3. The highest BCUT2D eigenvalue weighted by Crippen LogP contribution is 2.28. The van der Waals surface area contributed by atoms with Crippen LogP contribution in [0.3, 0.4) is 0 Å². The summed E-state index contributed by atoms with van der Waals surface area (Å²) in [6.45, 7) is 1.56. The van der Waals surface area contributed by atoms with Gasteiger partial charge in [0.1, 0.15) is 18.2 Å². The van der Waals surface area contributed by atoms with Gasteiger partial charge in [-0.25, -0.2) is 18.4 Å². The summed E-state index contributed by atoms with van der Waals surface area (Å²) in [5, 5.41) is 30.6. The highest BCUT2D eigenvalue weighted by molar-refractivity contribution is 7.92. The highest BCUT2D eigenvalue weighted by Gasteiger charge is 2.17. The number of aromatic hydroxyl groups is 1. The van der Waals surface area contributed by atoms with Gasteiger partial charge in [-0.05, 0) is 61.5 Å². The summed E-state index contributed by atoms with van der Waals surface area (Å²) in [4.78, 5) is 36.3. The number of carbonyl (C=O) groups excluding carboxylic acids is 1. The number of sulfonamides is 1. The third kappa shape index (κ3) is 7.33. The van der Waals surface area contributed by atoms with Crippen LogP contribution in [0.2, 0.25) is 0 Å². The quantitative estimate of drug-likeness (QED) is 0.126. The molecule has 0 saturated heterocycles. The molecule has 0 spiro atoms. The van der Waals surface area contributed by atoms with Gasteiger partial charge in [0.2, 0.25) is 0 Å². The number of pyridine rings is 1. The molecule has 0 bridgehead atoms. The molecule has 0 saturated carbocycles. The van der Waals surface area contributed by atoms with Crippen LogP contribution in [0.4, 0.5) is 22.3 Å². The number of thiazole rings is 1. The van der Waals surface area contributed by atoms with E-state index in [1.807, 2.05) is 0 Å². The van der Waals surface area contributed by atoms with E-state index >= 15 is 0 Å². The number of hydrogen-bond donors (Lipinski definition) is 3. The van der Waals surface area contributed by atoms with Gasteiger partial charge in [-0.2, -0.15) is 10.2 Å². The molecule has 14 nitrogen and oxygen atoms in total. The lowest BCUT2D eigenvalue weighted by molar-refractivity contribution is -0.757. The molecule has 0 aliphatic carbocycles. The molecule has 1 amide bonds. The number of nitrogens with one attached hydrogen (secondary N) is 2. The first-order chi connectivity index (χ1) is 19.1. The highest BCUT2D eigenvalue weighted by atomic mass is 32.2. The van der Waals surface area contributed by atoms with E-state index in [0.29, 0.717) is 16.3 Å². The van der Waals surface area contributed by atoms with E-state index in [2.05, 4.69) is 35.1 Å². The Morgan fingerprint density at radius 1 is 1.12 bits per heavy atom. The fourth-order valence-electron chi connectivity index (χ4n) is 3.29. The number of aryl methyl sites for hydroxylation is 1. The van der Waals surface area contributed by atoms with Crippen molar-refractivity contribution in [3.05, 3.63) is 93.1 Å². The van der Waals surface area contributed by atoms with Crippen molar-refractivity contribution in [3.8, 4) is 5.75 Å². The molecule has 0 aliphatic heterocycles. The lowest BCUT2D eigenvalue weighted by Gasteiger charge is -2.07. The van der Waals surface area contributed by atoms with Crippen LogP contribution < -0.4 is 10.0 Å². The third-order valence-electron chi connectivity index (χ3n) is 5.20. The SMILES string of the molecule is Cc1nc(NC(=O)c2cc(/N=N/c3ccc(S(=O)(=O)Nc4ccccn4)cc3)ccc2O)sc1CCO[N+](=O)[O-]. The second-order valence-electron chi connectivity index (χ2n) is 8.00. The third-order valence-corrected chi connectivity index (χ3v) is 7.70. The molecule has 206 valence electrons. The maximum Gasteiger partial charge on any atom is 0.294 e. The van der Waals surface area contributed by atoms with Crippen LogP contribution in [0.15, 0.2) is 82.0 Å². The molecule has 3 N–H and O–H groups in total. The van der Waals surface area contributed by atoms with E-state index in [0.717, 1.165) is 11.3 Å². The number of phenols is 1. The van der Waals surface area contributed by atoms with Crippen LogP contribution in [0, 0.1) is 17.0 Å². The van der Waals surface area contributed by atoms with Crippen LogP contribution in [-0.4, -0.2) is 41.1 Å². The molecule has 40 heavy (non-hydrogen) atoms. The van der Waals surface area contributed by atoms with E-state index in [1.54, 1.807) is 19.1 Å². The zero-order chi connectivity index (χ0) is 28.7. The van der Waals surface area contributed by atoms with Crippen molar-refractivity contribution in [2.24, 2.45) is 10.2 Å². The average Bonchev–Trinajstić information content (AvgIpc) is 3.26. The minimum Gasteiger partial charge on any atom is -0.507 e. The second kappa shape index (κ2) is 12.3. The van der Waals surface area contributed by atoms with Gasteiger partial charge in [0.25, 0.3) is 21.0 Å². The van der Waals surface area contributed by atoms with Crippen molar-refractivity contribution in [3.63, 3.8) is 0 Å². The summed E-state index contributed by atoms with van der Waals surface area (Å²) in [5.41, 5.74) is 1.11. The number of benzene rings is 2. The summed E-state index contributed by atoms with van der Waals surface area (Å²) >= 11 is 1.13. The number of aromatic nitrogens is 2. The van der Waals surface area contributed by atoms with E-state index in [1.165, 1.54) is 54.7 Å². The lowest BCUT2D eigenvalue weighted by atomic mass is 10.1. The number of hydrogen-bond acceptors (Lipinski definition) is 12. The van der Waals surface area contributed by atoms with Crippen LogP contribution in [0.25, 0.3) is 0 Å². The summed E-state index contributed by atoms with van der Waals surface area (Å²) < 4.78 is 27.5. The molecule has 2 heterocycles. The first-order valence-electron chi connectivity index (χ1n) is 11.4. The smallest absolute Gasteiger partial charge is 0.294 e. The molecular formula is C24H21N7O7S2.